The smallest absolute Gasteiger partial charge is 0.251 e. The molecule has 6 nitrogen and oxygen atoms in total. The number of carbonyl (C=O) groups is 1. The summed E-state index contributed by atoms with van der Waals surface area (Å²) in [6.45, 7) is 5.97. The number of nitrogens with one attached hydrogen (secondary N) is 2. The summed E-state index contributed by atoms with van der Waals surface area (Å²) in [5.41, 5.74) is 3.67. The first-order valence-electron chi connectivity index (χ1n) is 8.74. The first-order chi connectivity index (χ1) is 13.4. The molecule has 1 aromatic carbocycles. The van der Waals surface area contributed by atoms with Crippen LogP contribution in [0.25, 0.3) is 22.3 Å². The molecule has 8 heteroatoms. The van der Waals surface area contributed by atoms with Crippen LogP contribution in [0, 0.1) is 26.6 Å². The normalized spacial score (nSPS) is 11.1. The molecule has 0 unspecified atom stereocenters. The van der Waals surface area contributed by atoms with Crippen LogP contribution in [0.2, 0.25) is 0 Å². The molecule has 0 aliphatic carbocycles. The Bertz CT molecular complexity index is 1200. The molecule has 4 aromatic rings. The minimum absolute atomic E-state index is 0.241. The van der Waals surface area contributed by atoms with Crippen molar-refractivity contribution in [3.05, 3.63) is 63.2 Å². The Labute approximate surface area is 164 Å². The zero-order valence-corrected chi connectivity index (χ0v) is 16.4. The zero-order valence-electron chi connectivity index (χ0n) is 15.6. The topological polar surface area (TPSA) is 83.6 Å². The zero-order chi connectivity index (χ0) is 19.8. The largest absolute Gasteiger partial charge is 0.358 e. The van der Waals surface area contributed by atoms with Crippen molar-refractivity contribution in [2.45, 2.75) is 27.3 Å². The van der Waals surface area contributed by atoms with Crippen LogP contribution in [-0.2, 0) is 6.54 Å². The van der Waals surface area contributed by atoms with Crippen LogP contribution in [-0.4, -0.2) is 25.8 Å². The van der Waals surface area contributed by atoms with Crippen LogP contribution in [0.5, 0.6) is 0 Å². The Hall–Kier alpha value is -3.13. The molecule has 0 saturated carbocycles. The van der Waals surface area contributed by atoms with Gasteiger partial charge in [0, 0.05) is 22.2 Å². The van der Waals surface area contributed by atoms with E-state index >= 15 is 0 Å². The number of carbonyl (C=O) groups excluding carboxylic acids is 1. The van der Waals surface area contributed by atoms with E-state index in [-0.39, 0.29) is 11.5 Å². The summed E-state index contributed by atoms with van der Waals surface area (Å²) in [6.07, 6.45) is 1.76. The van der Waals surface area contributed by atoms with Gasteiger partial charge in [0.05, 0.1) is 34.0 Å². The Balaban J connectivity index is 1.66. The maximum Gasteiger partial charge on any atom is 0.251 e. The maximum absolute atomic E-state index is 14.3. The van der Waals surface area contributed by atoms with Crippen LogP contribution in [0.15, 0.2) is 30.5 Å². The molecule has 0 aliphatic heterocycles. The van der Waals surface area contributed by atoms with Crippen molar-refractivity contribution in [2.75, 3.05) is 0 Å². The minimum Gasteiger partial charge on any atom is -0.358 e. The van der Waals surface area contributed by atoms with Gasteiger partial charge in [-0.1, -0.05) is 0 Å². The van der Waals surface area contributed by atoms with Crippen molar-refractivity contribution < 1.29 is 9.18 Å². The molecule has 0 saturated heterocycles. The van der Waals surface area contributed by atoms with Crippen LogP contribution < -0.4 is 5.32 Å². The van der Waals surface area contributed by atoms with Crippen molar-refractivity contribution in [1.82, 2.24) is 25.3 Å². The van der Waals surface area contributed by atoms with Crippen molar-refractivity contribution >= 4 is 28.3 Å². The number of aryl methyl sites for hydroxylation is 3. The average Bonchev–Trinajstić information content (AvgIpc) is 3.23. The van der Waals surface area contributed by atoms with Crippen molar-refractivity contribution in [1.29, 1.82) is 0 Å². The van der Waals surface area contributed by atoms with Gasteiger partial charge in [-0.2, -0.15) is 0 Å². The summed E-state index contributed by atoms with van der Waals surface area (Å²) in [4.78, 5) is 29.8. The molecule has 1 amide bonds. The predicted molar refractivity (Wildman–Crippen MR) is 107 cm³/mol. The second-order valence-corrected chi connectivity index (χ2v) is 7.80. The third-order valence-corrected chi connectivity index (χ3v) is 5.43. The number of fused-ring (bicyclic) bond motifs is 1. The van der Waals surface area contributed by atoms with Crippen LogP contribution in [0.4, 0.5) is 4.39 Å². The fourth-order valence-electron chi connectivity index (χ4n) is 3.13. The van der Waals surface area contributed by atoms with Gasteiger partial charge < -0.3 is 10.3 Å². The van der Waals surface area contributed by atoms with Gasteiger partial charge in [-0.25, -0.2) is 19.3 Å². The standard InChI is InChI=1S/C20H18FN5OS/c1-10-17(28-12(3)24-10)9-23-20(27)14-6-13(7-15(21)8-14)18-19-16(4-5-22-19)25-11(2)26-18/h4-8,22H,9H2,1-3H3,(H,23,27). The van der Waals surface area contributed by atoms with Crippen LogP contribution >= 0.6 is 11.3 Å². The highest BCUT2D eigenvalue weighted by Gasteiger charge is 2.15. The Morgan fingerprint density at radius 1 is 1.18 bits per heavy atom. The molecule has 0 bridgehead atoms. The molecular formula is C20H18FN5OS. The van der Waals surface area contributed by atoms with Gasteiger partial charge in [0.1, 0.15) is 11.6 Å². The summed E-state index contributed by atoms with van der Waals surface area (Å²) < 4.78 is 14.3. The van der Waals surface area contributed by atoms with E-state index in [9.17, 15) is 9.18 Å². The monoisotopic (exact) mass is 395 g/mol. The first-order valence-corrected chi connectivity index (χ1v) is 9.56. The Morgan fingerprint density at radius 2 is 2.00 bits per heavy atom. The summed E-state index contributed by atoms with van der Waals surface area (Å²) in [5.74, 6) is -0.267. The number of rotatable bonds is 4. The highest BCUT2D eigenvalue weighted by molar-refractivity contribution is 7.11. The third kappa shape index (κ3) is 3.50. The molecule has 0 atom stereocenters. The minimum atomic E-state index is -0.497. The summed E-state index contributed by atoms with van der Waals surface area (Å²) in [5, 5.41) is 3.79. The summed E-state index contributed by atoms with van der Waals surface area (Å²) in [7, 11) is 0. The lowest BCUT2D eigenvalue weighted by Crippen LogP contribution is -2.22. The molecular weight excluding hydrogens is 377 g/mol. The van der Waals surface area contributed by atoms with E-state index in [1.54, 1.807) is 19.2 Å². The fraction of sp³-hybridized carbons (Fsp3) is 0.200. The van der Waals surface area contributed by atoms with E-state index < -0.39 is 5.82 Å². The number of benzene rings is 1. The molecule has 28 heavy (non-hydrogen) atoms. The molecule has 142 valence electrons. The van der Waals surface area contributed by atoms with Crippen molar-refractivity contribution in [2.24, 2.45) is 0 Å². The number of aromatic amines is 1. The van der Waals surface area contributed by atoms with Gasteiger partial charge in [0.2, 0.25) is 0 Å². The predicted octanol–water partition coefficient (Wildman–Crippen LogP) is 4.08. The summed E-state index contributed by atoms with van der Waals surface area (Å²) >= 11 is 1.54. The highest BCUT2D eigenvalue weighted by Crippen LogP contribution is 2.27. The van der Waals surface area contributed by atoms with Crippen molar-refractivity contribution in [3.63, 3.8) is 0 Å². The van der Waals surface area contributed by atoms with E-state index in [4.69, 9.17) is 0 Å². The van der Waals surface area contributed by atoms with Crippen molar-refractivity contribution in [3.8, 4) is 11.3 Å². The fourth-order valence-corrected chi connectivity index (χ4v) is 4.00. The van der Waals surface area contributed by atoms with E-state index in [1.165, 1.54) is 23.5 Å². The van der Waals surface area contributed by atoms with Gasteiger partial charge in [0.15, 0.2) is 0 Å². The quantitative estimate of drug-likeness (QED) is 0.545. The lowest BCUT2D eigenvalue weighted by atomic mass is 10.1. The van der Waals surface area contributed by atoms with Gasteiger partial charge in [-0.05, 0) is 45.0 Å². The van der Waals surface area contributed by atoms with Gasteiger partial charge in [-0.3, -0.25) is 4.79 Å². The molecule has 3 aromatic heterocycles. The Morgan fingerprint density at radius 3 is 2.75 bits per heavy atom. The van der Waals surface area contributed by atoms with Crippen LogP contribution in [0.3, 0.4) is 0 Å². The number of hydrogen-bond donors (Lipinski definition) is 2. The van der Waals surface area contributed by atoms with Gasteiger partial charge in [-0.15, -0.1) is 11.3 Å². The number of amides is 1. The average molecular weight is 395 g/mol. The first kappa shape index (κ1) is 18.2. The number of aromatic nitrogens is 4. The number of thiazole rings is 1. The second-order valence-electron chi connectivity index (χ2n) is 6.51. The molecule has 0 spiro atoms. The molecule has 0 radical (unpaired) electrons. The van der Waals surface area contributed by atoms with Gasteiger partial charge >= 0.3 is 0 Å². The number of nitrogens with zero attached hydrogens (tertiary/aromatic N) is 3. The molecule has 3 heterocycles. The van der Waals surface area contributed by atoms with Crippen LogP contribution in [0.1, 0.15) is 31.8 Å². The molecule has 0 fully saturated rings. The summed E-state index contributed by atoms with van der Waals surface area (Å²) in [6, 6.07) is 6.07. The van der Waals surface area contributed by atoms with E-state index in [0.717, 1.165) is 21.1 Å². The molecule has 2 N–H and O–H groups in total. The number of halogens is 1. The van der Waals surface area contributed by atoms with E-state index in [1.807, 2.05) is 19.9 Å². The maximum atomic E-state index is 14.3. The number of H-pyrrole nitrogens is 1. The van der Waals surface area contributed by atoms with E-state index in [2.05, 4.69) is 25.3 Å². The lowest BCUT2D eigenvalue weighted by molar-refractivity contribution is 0.0951. The Kier molecular flexibility index (Phi) is 4.64. The second kappa shape index (κ2) is 7.12. The molecule has 4 rings (SSSR count). The third-order valence-electron chi connectivity index (χ3n) is 4.36. The molecule has 0 aliphatic rings. The SMILES string of the molecule is Cc1nc(-c2cc(F)cc(C(=O)NCc3sc(C)nc3C)c2)c2[nH]ccc2n1. The highest BCUT2D eigenvalue weighted by atomic mass is 32.1. The lowest BCUT2D eigenvalue weighted by Gasteiger charge is -2.09. The van der Waals surface area contributed by atoms with E-state index in [0.29, 0.717) is 29.1 Å². The number of hydrogen-bond acceptors (Lipinski definition) is 5. The van der Waals surface area contributed by atoms with Gasteiger partial charge in [0.25, 0.3) is 5.91 Å².